The minimum atomic E-state index is 0.135. The van der Waals surface area contributed by atoms with Gasteiger partial charge in [-0.3, -0.25) is 0 Å². The van der Waals surface area contributed by atoms with E-state index in [1.54, 1.807) is 0 Å². The molecule has 2 rings (SSSR count). The predicted octanol–water partition coefficient (Wildman–Crippen LogP) is 1.80. The normalized spacial score (nSPS) is 17.4. The van der Waals surface area contributed by atoms with E-state index in [1.807, 2.05) is 23.4 Å². The maximum absolute atomic E-state index is 9.06. The maximum atomic E-state index is 9.06. The van der Waals surface area contributed by atoms with Crippen molar-refractivity contribution in [2.75, 3.05) is 23.4 Å². The lowest BCUT2D eigenvalue weighted by Gasteiger charge is -2.24. The van der Waals surface area contributed by atoms with Crippen LogP contribution in [0.5, 0.6) is 0 Å². The first-order valence-electron chi connectivity index (χ1n) is 6.21. The quantitative estimate of drug-likeness (QED) is 0.861. The maximum Gasteiger partial charge on any atom is 0.127 e. The molecule has 1 aromatic rings. The lowest BCUT2D eigenvalue weighted by atomic mass is 10.1. The standard InChI is InChI=1S/C12H21N3OS/c1-9-10(2)14-15(5-6-16)12(9)13-11-3-7-17-8-4-11/h11,13,16H,3-8H2,1-2H3. The second-order valence-corrected chi connectivity index (χ2v) is 5.76. The van der Waals surface area contributed by atoms with Gasteiger partial charge in [0.1, 0.15) is 5.82 Å². The smallest absolute Gasteiger partial charge is 0.127 e. The molecule has 5 heteroatoms. The fourth-order valence-electron chi connectivity index (χ4n) is 2.15. The average Bonchev–Trinajstić information content (AvgIpc) is 2.59. The molecule has 17 heavy (non-hydrogen) atoms. The van der Waals surface area contributed by atoms with Crippen molar-refractivity contribution in [2.24, 2.45) is 0 Å². The van der Waals surface area contributed by atoms with Crippen molar-refractivity contribution in [3.63, 3.8) is 0 Å². The third-order valence-corrected chi connectivity index (χ3v) is 4.35. The number of aliphatic hydroxyl groups is 1. The lowest BCUT2D eigenvalue weighted by molar-refractivity contribution is 0.270. The van der Waals surface area contributed by atoms with E-state index in [4.69, 9.17) is 5.11 Å². The number of hydrogen-bond donors (Lipinski definition) is 2. The summed E-state index contributed by atoms with van der Waals surface area (Å²) in [5, 5.41) is 17.1. The summed E-state index contributed by atoms with van der Waals surface area (Å²) in [6.45, 7) is 4.81. The SMILES string of the molecule is Cc1nn(CCO)c(NC2CCSCC2)c1C. The second kappa shape index (κ2) is 5.78. The number of aryl methyl sites for hydroxylation is 1. The molecule has 0 amide bonds. The molecule has 1 saturated heterocycles. The van der Waals surface area contributed by atoms with Gasteiger partial charge in [0, 0.05) is 11.6 Å². The van der Waals surface area contributed by atoms with Gasteiger partial charge >= 0.3 is 0 Å². The highest BCUT2D eigenvalue weighted by Crippen LogP contribution is 2.24. The Kier molecular flexibility index (Phi) is 4.34. The van der Waals surface area contributed by atoms with Gasteiger partial charge in [-0.05, 0) is 38.2 Å². The first-order valence-corrected chi connectivity index (χ1v) is 7.37. The molecule has 1 aromatic heterocycles. The Hall–Kier alpha value is -0.680. The van der Waals surface area contributed by atoms with E-state index in [0.717, 1.165) is 11.5 Å². The fourth-order valence-corrected chi connectivity index (χ4v) is 3.25. The van der Waals surface area contributed by atoms with Crippen molar-refractivity contribution >= 4 is 17.6 Å². The van der Waals surface area contributed by atoms with Crippen molar-refractivity contribution in [3.8, 4) is 0 Å². The van der Waals surface area contributed by atoms with Crippen LogP contribution in [-0.4, -0.2) is 39.0 Å². The van der Waals surface area contributed by atoms with E-state index < -0.39 is 0 Å². The summed E-state index contributed by atoms with van der Waals surface area (Å²) < 4.78 is 1.90. The van der Waals surface area contributed by atoms with Crippen LogP contribution in [0.25, 0.3) is 0 Å². The molecule has 1 aliphatic heterocycles. The fraction of sp³-hybridized carbons (Fsp3) is 0.750. The minimum absolute atomic E-state index is 0.135. The number of thioether (sulfide) groups is 1. The van der Waals surface area contributed by atoms with E-state index in [9.17, 15) is 0 Å². The number of anilines is 1. The molecule has 0 aromatic carbocycles. The van der Waals surface area contributed by atoms with Gasteiger partial charge in [0.15, 0.2) is 0 Å². The molecular weight excluding hydrogens is 234 g/mol. The lowest BCUT2D eigenvalue weighted by Crippen LogP contribution is -2.26. The second-order valence-electron chi connectivity index (χ2n) is 4.54. The van der Waals surface area contributed by atoms with Crippen molar-refractivity contribution < 1.29 is 5.11 Å². The summed E-state index contributed by atoms with van der Waals surface area (Å²) in [6, 6.07) is 0.559. The van der Waals surface area contributed by atoms with Crippen molar-refractivity contribution in [1.29, 1.82) is 0 Å². The number of nitrogens with one attached hydrogen (secondary N) is 1. The Labute approximate surface area is 107 Å². The van der Waals surface area contributed by atoms with E-state index in [1.165, 1.54) is 29.9 Å². The summed E-state index contributed by atoms with van der Waals surface area (Å²) >= 11 is 2.03. The third kappa shape index (κ3) is 2.96. The van der Waals surface area contributed by atoms with Crippen LogP contribution in [-0.2, 0) is 6.54 Å². The molecule has 1 aliphatic rings. The molecule has 2 N–H and O–H groups in total. The first kappa shape index (κ1) is 12.8. The number of aromatic nitrogens is 2. The van der Waals surface area contributed by atoms with Crippen LogP contribution >= 0.6 is 11.8 Å². The molecular formula is C12H21N3OS. The van der Waals surface area contributed by atoms with Crippen LogP contribution < -0.4 is 5.32 Å². The van der Waals surface area contributed by atoms with Gasteiger partial charge in [0.25, 0.3) is 0 Å². The molecule has 0 saturated carbocycles. The zero-order valence-corrected chi connectivity index (χ0v) is 11.4. The molecule has 0 atom stereocenters. The van der Waals surface area contributed by atoms with Gasteiger partial charge in [-0.15, -0.1) is 0 Å². The third-order valence-electron chi connectivity index (χ3n) is 3.30. The number of rotatable bonds is 4. The minimum Gasteiger partial charge on any atom is -0.394 e. The van der Waals surface area contributed by atoms with Crippen molar-refractivity contribution in [1.82, 2.24) is 9.78 Å². The molecule has 0 radical (unpaired) electrons. The van der Waals surface area contributed by atoms with Crippen LogP contribution in [0.2, 0.25) is 0 Å². The summed E-state index contributed by atoms with van der Waals surface area (Å²) in [4.78, 5) is 0. The molecule has 96 valence electrons. The van der Waals surface area contributed by atoms with Gasteiger partial charge in [0.2, 0.25) is 0 Å². The summed E-state index contributed by atoms with van der Waals surface area (Å²) in [5.74, 6) is 3.57. The molecule has 2 heterocycles. The Bertz CT molecular complexity index is 372. The van der Waals surface area contributed by atoms with Crippen LogP contribution in [0.15, 0.2) is 0 Å². The average molecular weight is 255 g/mol. The van der Waals surface area contributed by atoms with E-state index in [0.29, 0.717) is 12.6 Å². The first-order chi connectivity index (χ1) is 8.22. The highest BCUT2D eigenvalue weighted by Gasteiger charge is 2.18. The van der Waals surface area contributed by atoms with Crippen LogP contribution in [0.3, 0.4) is 0 Å². The van der Waals surface area contributed by atoms with Crippen LogP contribution in [0.4, 0.5) is 5.82 Å². The van der Waals surface area contributed by atoms with Crippen LogP contribution in [0, 0.1) is 13.8 Å². The monoisotopic (exact) mass is 255 g/mol. The summed E-state index contributed by atoms with van der Waals surface area (Å²) in [6.07, 6.45) is 2.43. The Morgan fingerprint density at radius 2 is 2.12 bits per heavy atom. The Balaban J connectivity index is 2.12. The molecule has 0 unspecified atom stereocenters. The molecule has 0 bridgehead atoms. The molecule has 0 aliphatic carbocycles. The number of nitrogens with zero attached hydrogens (tertiary/aromatic N) is 2. The van der Waals surface area contributed by atoms with Gasteiger partial charge < -0.3 is 10.4 Å². The molecule has 0 spiro atoms. The van der Waals surface area contributed by atoms with E-state index >= 15 is 0 Å². The van der Waals surface area contributed by atoms with Gasteiger partial charge in [-0.25, -0.2) is 4.68 Å². The highest BCUT2D eigenvalue weighted by molar-refractivity contribution is 7.99. The Morgan fingerprint density at radius 1 is 1.41 bits per heavy atom. The number of aliphatic hydroxyl groups excluding tert-OH is 1. The predicted molar refractivity (Wildman–Crippen MR) is 72.8 cm³/mol. The van der Waals surface area contributed by atoms with E-state index in [2.05, 4.69) is 17.3 Å². The topological polar surface area (TPSA) is 50.1 Å². The van der Waals surface area contributed by atoms with Crippen molar-refractivity contribution in [2.45, 2.75) is 39.3 Å². The largest absolute Gasteiger partial charge is 0.394 e. The summed E-state index contributed by atoms with van der Waals surface area (Å²) in [7, 11) is 0. The zero-order chi connectivity index (χ0) is 12.3. The zero-order valence-electron chi connectivity index (χ0n) is 10.6. The molecule has 4 nitrogen and oxygen atoms in total. The van der Waals surface area contributed by atoms with Gasteiger partial charge in [-0.1, -0.05) is 0 Å². The van der Waals surface area contributed by atoms with Gasteiger partial charge in [-0.2, -0.15) is 16.9 Å². The number of hydrogen-bond acceptors (Lipinski definition) is 4. The van der Waals surface area contributed by atoms with Gasteiger partial charge in [0.05, 0.1) is 18.8 Å². The van der Waals surface area contributed by atoms with Crippen LogP contribution in [0.1, 0.15) is 24.1 Å². The highest BCUT2D eigenvalue weighted by atomic mass is 32.2. The van der Waals surface area contributed by atoms with E-state index in [-0.39, 0.29) is 6.61 Å². The molecule has 1 fully saturated rings. The van der Waals surface area contributed by atoms with Crippen molar-refractivity contribution in [3.05, 3.63) is 11.3 Å². The summed E-state index contributed by atoms with van der Waals surface area (Å²) in [5.41, 5.74) is 2.25. The Morgan fingerprint density at radius 3 is 2.76 bits per heavy atom.